The van der Waals surface area contributed by atoms with Gasteiger partial charge in [0.1, 0.15) is 5.03 Å². The molecule has 1 saturated heterocycles. The Bertz CT molecular complexity index is 803. The molecule has 8 heteroatoms. The Labute approximate surface area is 143 Å². The van der Waals surface area contributed by atoms with Crippen molar-refractivity contribution in [2.24, 2.45) is 0 Å². The summed E-state index contributed by atoms with van der Waals surface area (Å²) in [5.41, 5.74) is 0.985. The Morgan fingerprint density at radius 3 is 2.96 bits per heavy atom. The average molecular weight is 340 g/mol. The SMILES string of the molecule is c1ccc(-c2nccc(Sc3nnnn3CC3CCCO3)n2)cc1. The largest absolute Gasteiger partial charge is 0.376 e. The normalized spacial score (nSPS) is 17.2. The summed E-state index contributed by atoms with van der Waals surface area (Å²) >= 11 is 1.43. The number of benzene rings is 1. The lowest BCUT2D eigenvalue weighted by molar-refractivity contribution is 0.0912. The Balaban J connectivity index is 1.53. The Hall–Kier alpha value is -2.32. The Morgan fingerprint density at radius 2 is 2.12 bits per heavy atom. The highest BCUT2D eigenvalue weighted by molar-refractivity contribution is 7.99. The van der Waals surface area contributed by atoms with Crippen molar-refractivity contribution in [3.05, 3.63) is 42.6 Å². The molecule has 4 rings (SSSR count). The predicted molar refractivity (Wildman–Crippen MR) is 88.4 cm³/mol. The summed E-state index contributed by atoms with van der Waals surface area (Å²) in [5.74, 6) is 0.693. The first-order valence-electron chi connectivity index (χ1n) is 7.82. The van der Waals surface area contributed by atoms with Gasteiger partial charge in [0.25, 0.3) is 0 Å². The first kappa shape index (κ1) is 15.2. The number of ether oxygens (including phenoxy) is 1. The van der Waals surface area contributed by atoms with Crippen molar-refractivity contribution in [1.82, 2.24) is 30.2 Å². The van der Waals surface area contributed by atoms with E-state index in [1.165, 1.54) is 11.8 Å². The van der Waals surface area contributed by atoms with Crippen molar-refractivity contribution in [2.45, 2.75) is 35.7 Å². The third-order valence-electron chi connectivity index (χ3n) is 3.76. The fourth-order valence-electron chi connectivity index (χ4n) is 2.58. The maximum Gasteiger partial charge on any atom is 0.215 e. The highest BCUT2D eigenvalue weighted by Gasteiger charge is 2.19. The van der Waals surface area contributed by atoms with Gasteiger partial charge in [0, 0.05) is 18.4 Å². The van der Waals surface area contributed by atoms with E-state index in [4.69, 9.17) is 4.74 Å². The smallest absolute Gasteiger partial charge is 0.215 e. The van der Waals surface area contributed by atoms with Crippen molar-refractivity contribution in [1.29, 1.82) is 0 Å². The number of hydrogen-bond donors (Lipinski definition) is 0. The zero-order valence-corrected chi connectivity index (χ0v) is 13.8. The molecule has 1 aliphatic heterocycles. The van der Waals surface area contributed by atoms with Crippen LogP contribution in [0.5, 0.6) is 0 Å². The summed E-state index contributed by atoms with van der Waals surface area (Å²) in [4.78, 5) is 8.94. The molecule has 1 atom stereocenters. The summed E-state index contributed by atoms with van der Waals surface area (Å²) in [7, 11) is 0. The van der Waals surface area contributed by atoms with Crippen LogP contribution in [0.1, 0.15) is 12.8 Å². The second-order valence-corrected chi connectivity index (χ2v) is 6.45. The summed E-state index contributed by atoms with van der Waals surface area (Å²) < 4.78 is 7.44. The van der Waals surface area contributed by atoms with Crippen molar-refractivity contribution in [3.8, 4) is 11.4 Å². The summed E-state index contributed by atoms with van der Waals surface area (Å²) in [6, 6.07) is 11.8. The molecule has 1 fully saturated rings. The minimum atomic E-state index is 0.193. The van der Waals surface area contributed by atoms with Crippen LogP contribution >= 0.6 is 11.8 Å². The van der Waals surface area contributed by atoms with E-state index in [1.807, 2.05) is 36.4 Å². The van der Waals surface area contributed by atoms with E-state index in [0.29, 0.717) is 17.5 Å². The lowest BCUT2D eigenvalue weighted by Crippen LogP contribution is -2.16. The third-order valence-corrected chi connectivity index (χ3v) is 4.67. The van der Waals surface area contributed by atoms with Gasteiger partial charge in [-0.3, -0.25) is 0 Å². The molecule has 0 amide bonds. The van der Waals surface area contributed by atoms with Gasteiger partial charge < -0.3 is 4.74 Å². The molecule has 2 aromatic heterocycles. The van der Waals surface area contributed by atoms with Crippen molar-refractivity contribution >= 4 is 11.8 Å². The third kappa shape index (κ3) is 3.44. The predicted octanol–water partition coefficient (Wildman–Crippen LogP) is 2.46. The number of tetrazole rings is 1. The summed E-state index contributed by atoms with van der Waals surface area (Å²) in [5, 5.41) is 13.5. The molecule has 0 aliphatic carbocycles. The van der Waals surface area contributed by atoms with Gasteiger partial charge in [-0.05, 0) is 41.1 Å². The second-order valence-electron chi connectivity index (χ2n) is 5.47. The quantitative estimate of drug-likeness (QED) is 0.660. The van der Waals surface area contributed by atoms with Crippen molar-refractivity contribution in [2.75, 3.05) is 6.61 Å². The van der Waals surface area contributed by atoms with Gasteiger partial charge in [-0.15, -0.1) is 5.10 Å². The van der Waals surface area contributed by atoms with E-state index < -0.39 is 0 Å². The maximum atomic E-state index is 5.66. The molecule has 1 unspecified atom stereocenters. The van der Waals surface area contributed by atoms with Crippen molar-refractivity contribution in [3.63, 3.8) is 0 Å². The molecule has 1 aromatic carbocycles. The van der Waals surface area contributed by atoms with E-state index in [0.717, 1.165) is 30.0 Å². The van der Waals surface area contributed by atoms with Gasteiger partial charge >= 0.3 is 0 Å². The van der Waals surface area contributed by atoms with E-state index >= 15 is 0 Å². The minimum absolute atomic E-state index is 0.193. The van der Waals surface area contributed by atoms with Crippen LogP contribution in [0.3, 0.4) is 0 Å². The monoisotopic (exact) mass is 340 g/mol. The van der Waals surface area contributed by atoms with E-state index in [-0.39, 0.29) is 6.10 Å². The van der Waals surface area contributed by atoms with Crippen LogP contribution in [-0.4, -0.2) is 42.9 Å². The number of aromatic nitrogens is 6. The lowest BCUT2D eigenvalue weighted by atomic mass is 10.2. The highest BCUT2D eigenvalue weighted by Crippen LogP contribution is 2.26. The number of hydrogen-bond acceptors (Lipinski definition) is 7. The lowest BCUT2D eigenvalue weighted by Gasteiger charge is -2.09. The van der Waals surface area contributed by atoms with E-state index in [1.54, 1.807) is 10.9 Å². The molecule has 3 heterocycles. The van der Waals surface area contributed by atoms with Crippen molar-refractivity contribution < 1.29 is 4.74 Å². The molecule has 122 valence electrons. The molecule has 0 spiro atoms. The Morgan fingerprint density at radius 1 is 1.21 bits per heavy atom. The van der Waals surface area contributed by atoms with E-state index in [9.17, 15) is 0 Å². The molecule has 24 heavy (non-hydrogen) atoms. The molecule has 0 saturated carbocycles. The standard InChI is InChI=1S/C16H16N6OS/c1-2-5-12(6-3-1)15-17-9-8-14(18-15)24-16-19-20-21-22(16)11-13-7-4-10-23-13/h1-3,5-6,8-9,13H,4,7,10-11H2. The van der Waals surface area contributed by atoms with Gasteiger partial charge in [0.05, 0.1) is 12.6 Å². The van der Waals surface area contributed by atoms with Gasteiger partial charge in [-0.1, -0.05) is 30.3 Å². The van der Waals surface area contributed by atoms with Crippen LogP contribution < -0.4 is 0 Å². The first-order chi connectivity index (χ1) is 11.9. The molecular weight excluding hydrogens is 324 g/mol. The van der Waals surface area contributed by atoms with Crippen LogP contribution in [0.4, 0.5) is 0 Å². The number of rotatable bonds is 5. The van der Waals surface area contributed by atoms with E-state index in [2.05, 4.69) is 25.5 Å². The zero-order valence-electron chi connectivity index (χ0n) is 12.9. The fraction of sp³-hybridized carbons (Fsp3) is 0.312. The fourth-order valence-corrected chi connectivity index (χ4v) is 3.33. The molecule has 1 aliphatic rings. The van der Waals surface area contributed by atoms with Crippen LogP contribution in [0.25, 0.3) is 11.4 Å². The summed E-state index contributed by atoms with van der Waals surface area (Å²) in [6.07, 6.45) is 4.10. The molecule has 0 bridgehead atoms. The van der Waals surface area contributed by atoms with Gasteiger partial charge in [-0.2, -0.15) is 0 Å². The second kappa shape index (κ2) is 7.06. The molecule has 7 nitrogen and oxygen atoms in total. The maximum absolute atomic E-state index is 5.66. The molecule has 3 aromatic rings. The number of nitrogens with zero attached hydrogens (tertiary/aromatic N) is 6. The average Bonchev–Trinajstić information content (AvgIpc) is 3.29. The first-order valence-corrected chi connectivity index (χ1v) is 8.64. The van der Waals surface area contributed by atoms with Gasteiger partial charge in [0.15, 0.2) is 5.82 Å². The van der Waals surface area contributed by atoms with Gasteiger partial charge in [-0.25, -0.2) is 14.6 Å². The van der Waals surface area contributed by atoms with Crippen LogP contribution in [-0.2, 0) is 11.3 Å². The summed E-state index contributed by atoms with van der Waals surface area (Å²) in [6.45, 7) is 1.49. The highest BCUT2D eigenvalue weighted by atomic mass is 32.2. The van der Waals surface area contributed by atoms with Crippen LogP contribution in [0.15, 0.2) is 52.8 Å². The Kier molecular flexibility index (Phi) is 4.48. The molecule has 0 N–H and O–H groups in total. The topological polar surface area (TPSA) is 78.6 Å². The minimum Gasteiger partial charge on any atom is -0.376 e. The molecule has 0 radical (unpaired) electrons. The van der Waals surface area contributed by atoms with Gasteiger partial charge in [0.2, 0.25) is 5.16 Å². The molecular formula is C16H16N6OS. The zero-order chi connectivity index (χ0) is 16.2. The van der Waals surface area contributed by atoms with Crippen LogP contribution in [0, 0.1) is 0 Å². The van der Waals surface area contributed by atoms with Crippen LogP contribution in [0.2, 0.25) is 0 Å².